The molecule has 0 saturated heterocycles. The van der Waals surface area contributed by atoms with Gasteiger partial charge in [-0.15, -0.1) is 5.01 Å². The Morgan fingerprint density at radius 3 is 2.46 bits per heavy atom. The molecular weight excluding hydrogens is 334 g/mol. The molecule has 0 radical (unpaired) electrons. The van der Waals surface area contributed by atoms with Crippen molar-refractivity contribution < 1.29 is 19.3 Å². The molecule has 1 aliphatic carbocycles. The summed E-state index contributed by atoms with van der Waals surface area (Å²) in [6.07, 6.45) is 2.74. The van der Waals surface area contributed by atoms with Crippen LogP contribution in [0.3, 0.4) is 0 Å². The molecule has 7 heteroatoms. The molecule has 0 aliphatic heterocycles. The highest BCUT2D eigenvalue weighted by molar-refractivity contribution is 5.29. The van der Waals surface area contributed by atoms with Crippen LogP contribution in [0.25, 0.3) is 0 Å². The predicted molar refractivity (Wildman–Crippen MR) is 98.8 cm³/mol. The van der Waals surface area contributed by atoms with Crippen LogP contribution in [0.15, 0.2) is 29.5 Å². The first-order chi connectivity index (χ1) is 12.3. The van der Waals surface area contributed by atoms with Crippen LogP contribution in [0.2, 0.25) is 0 Å². The minimum absolute atomic E-state index is 0.0391. The van der Waals surface area contributed by atoms with Gasteiger partial charge in [0.25, 0.3) is 0 Å². The summed E-state index contributed by atoms with van der Waals surface area (Å²) in [6, 6.07) is 8.14. The Morgan fingerprint density at radius 2 is 1.88 bits per heavy atom. The molecule has 1 fully saturated rings. The molecule has 0 N–H and O–H groups in total. The minimum Gasteiger partial charge on any atom is -0.569 e. The second-order valence-corrected chi connectivity index (χ2v) is 7.63. The van der Waals surface area contributed by atoms with E-state index in [0.717, 1.165) is 25.0 Å². The van der Waals surface area contributed by atoms with Crippen LogP contribution in [0, 0.1) is 5.21 Å². The molecule has 0 aromatic heterocycles. The first-order valence-corrected chi connectivity index (χ1v) is 9.09. The van der Waals surface area contributed by atoms with Gasteiger partial charge in [-0.1, -0.05) is 12.1 Å². The van der Waals surface area contributed by atoms with Gasteiger partial charge in [-0.05, 0) is 63.6 Å². The fourth-order valence-electron chi connectivity index (χ4n) is 3.22. The van der Waals surface area contributed by atoms with Crippen molar-refractivity contribution in [3.8, 4) is 5.75 Å². The average molecular weight is 365 g/mol. The monoisotopic (exact) mass is 365 g/mol. The molecule has 1 aromatic rings. The van der Waals surface area contributed by atoms with E-state index in [-0.39, 0.29) is 11.6 Å². The molecule has 146 valence electrons. The van der Waals surface area contributed by atoms with Gasteiger partial charge in [0.05, 0.1) is 24.2 Å². The van der Waals surface area contributed by atoms with Crippen molar-refractivity contribution in [2.75, 3.05) is 27.4 Å². The average Bonchev–Trinajstić information content (AvgIpc) is 3.08. The summed E-state index contributed by atoms with van der Waals surface area (Å²) in [5.74, 6) is 1.28. The summed E-state index contributed by atoms with van der Waals surface area (Å²) < 4.78 is 10.3. The number of methoxy groups -OCH3 is 2. The molecule has 0 bridgehead atoms. The van der Waals surface area contributed by atoms with E-state index >= 15 is 0 Å². The predicted octanol–water partition coefficient (Wildman–Crippen LogP) is 3.89. The van der Waals surface area contributed by atoms with Gasteiger partial charge in [0.1, 0.15) is 18.4 Å². The van der Waals surface area contributed by atoms with E-state index in [0.29, 0.717) is 24.0 Å². The van der Waals surface area contributed by atoms with Crippen LogP contribution >= 0.6 is 0 Å². The van der Waals surface area contributed by atoms with Crippen LogP contribution in [-0.4, -0.2) is 49.0 Å². The second kappa shape index (κ2) is 9.07. The number of hydrazine groups is 1. The molecule has 7 nitrogen and oxygen atoms in total. The molecule has 0 heterocycles. The number of benzene rings is 1. The molecular formula is C19H31N3O4. The topological polar surface area (TPSA) is 69.4 Å². The zero-order chi connectivity index (χ0) is 19.2. The van der Waals surface area contributed by atoms with E-state index in [9.17, 15) is 5.21 Å². The van der Waals surface area contributed by atoms with E-state index in [1.165, 1.54) is 5.56 Å². The largest absolute Gasteiger partial charge is 0.569 e. The van der Waals surface area contributed by atoms with Gasteiger partial charge in [-0.2, -0.15) is 0 Å². The summed E-state index contributed by atoms with van der Waals surface area (Å²) in [5.41, 5.74) is 0.904. The SMILES string of the molecule is COCCN(/[N+]([O-])=N/O[C@@H]1CC[C@@H](c2ccc(OC)cc2)C1)C(C)(C)C. The standard InChI is InChI=1S/C19H31N3O4/c1-19(2,3)21(12-13-24-4)22(23)20-26-18-11-8-16(14-18)15-6-9-17(25-5)10-7-15/h6-7,9-10,16,18H,8,11-14H2,1-5H3/b22-20-/t16-,18-/m1/s1. The van der Waals surface area contributed by atoms with Gasteiger partial charge in [-0.3, -0.25) is 0 Å². The lowest BCUT2D eigenvalue weighted by molar-refractivity contribution is -0.726. The van der Waals surface area contributed by atoms with Crippen molar-refractivity contribution in [2.45, 2.75) is 57.6 Å². The van der Waals surface area contributed by atoms with Gasteiger partial charge >= 0.3 is 0 Å². The fourth-order valence-corrected chi connectivity index (χ4v) is 3.22. The quantitative estimate of drug-likeness (QED) is 0.397. The van der Waals surface area contributed by atoms with Crippen LogP contribution in [-0.2, 0) is 9.57 Å². The fraction of sp³-hybridized carbons (Fsp3) is 0.684. The van der Waals surface area contributed by atoms with Crippen LogP contribution < -0.4 is 4.74 Å². The highest BCUT2D eigenvalue weighted by atomic mass is 16.7. The smallest absolute Gasteiger partial charge is 0.233 e. The number of rotatable bonds is 8. The van der Waals surface area contributed by atoms with Gasteiger partial charge < -0.3 is 19.5 Å². The Balaban J connectivity index is 1.92. The van der Waals surface area contributed by atoms with Crippen molar-refractivity contribution in [1.82, 2.24) is 5.01 Å². The van der Waals surface area contributed by atoms with Crippen molar-refractivity contribution in [3.05, 3.63) is 35.0 Å². The first-order valence-electron chi connectivity index (χ1n) is 9.09. The lowest BCUT2D eigenvalue weighted by atomic mass is 9.98. The van der Waals surface area contributed by atoms with Crippen molar-refractivity contribution >= 4 is 0 Å². The van der Waals surface area contributed by atoms with E-state index < -0.39 is 0 Å². The van der Waals surface area contributed by atoms with Gasteiger partial charge in [0, 0.05) is 7.11 Å². The zero-order valence-corrected chi connectivity index (χ0v) is 16.5. The second-order valence-electron chi connectivity index (χ2n) is 7.63. The molecule has 26 heavy (non-hydrogen) atoms. The van der Waals surface area contributed by atoms with E-state index in [4.69, 9.17) is 14.3 Å². The molecule has 0 unspecified atom stereocenters. The third-order valence-corrected chi connectivity index (χ3v) is 4.73. The molecule has 1 saturated carbocycles. The van der Waals surface area contributed by atoms with E-state index in [2.05, 4.69) is 17.4 Å². The Hall–Kier alpha value is -2.02. The Morgan fingerprint density at radius 1 is 1.19 bits per heavy atom. The summed E-state index contributed by atoms with van der Waals surface area (Å²) in [6.45, 7) is 6.78. The summed E-state index contributed by atoms with van der Waals surface area (Å²) in [7, 11) is 3.28. The molecule has 2 atom stereocenters. The van der Waals surface area contributed by atoms with Gasteiger partial charge in [0.15, 0.2) is 0 Å². The third-order valence-electron chi connectivity index (χ3n) is 4.73. The van der Waals surface area contributed by atoms with Gasteiger partial charge in [-0.25, -0.2) is 0 Å². The number of hydrogen-bond acceptors (Lipinski definition) is 5. The van der Waals surface area contributed by atoms with Crippen molar-refractivity contribution in [2.24, 2.45) is 5.28 Å². The Kier molecular flexibility index (Phi) is 7.08. The summed E-state index contributed by atoms with van der Waals surface area (Å²) in [4.78, 5) is 6.10. The number of ether oxygens (including phenoxy) is 2. The first kappa shape index (κ1) is 20.3. The Bertz CT molecular complexity index is 583. The van der Waals surface area contributed by atoms with Crippen molar-refractivity contribution in [1.29, 1.82) is 0 Å². The normalized spacial score (nSPS) is 20.9. The number of nitrogens with zero attached hydrogens (tertiary/aromatic N) is 3. The van der Waals surface area contributed by atoms with Crippen LogP contribution in [0.4, 0.5) is 0 Å². The maximum atomic E-state index is 12.4. The maximum absolute atomic E-state index is 12.4. The lowest BCUT2D eigenvalue weighted by Gasteiger charge is -2.30. The van der Waals surface area contributed by atoms with E-state index in [1.807, 2.05) is 32.9 Å². The van der Waals surface area contributed by atoms with Crippen molar-refractivity contribution in [3.63, 3.8) is 0 Å². The highest BCUT2D eigenvalue weighted by Gasteiger charge is 2.31. The highest BCUT2D eigenvalue weighted by Crippen LogP contribution is 2.36. The summed E-state index contributed by atoms with van der Waals surface area (Å²) in [5, 5.41) is 17.8. The van der Waals surface area contributed by atoms with Crippen LogP contribution in [0.5, 0.6) is 5.75 Å². The molecule has 0 spiro atoms. The van der Waals surface area contributed by atoms with Crippen LogP contribution in [0.1, 0.15) is 51.5 Å². The summed E-state index contributed by atoms with van der Waals surface area (Å²) >= 11 is 0. The van der Waals surface area contributed by atoms with E-state index in [1.54, 1.807) is 19.2 Å². The molecule has 1 aliphatic rings. The molecule has 0 amide bonds. The molecule has 2 rings (SSSR count). The number of hydrogen-bond donors (Lipinski definition) is 0. The maximum Gasteiger partial charge on any atom is 0.233 e. The minimum atomic E-state index is -0.367. The van der Waals surface area contributed by atoms with Gasteiger partial charge in [0.2, 0.25) is 5.28 Å². The Labute approximate surface area is 156 Å². The lowest BCUT2D eigenvalue weighted by Crippen LogP contribution is -2.47. The third kappa shape index (κ3) is 5.49. The molecule has 1 aromatic carbocycles. The zero-order valence-electron chi connectivity index (χ0n) is 16.5.